The highest BCUT2D eigenvalue weighted by molar-refractivity contribution is 7.90. The van der Waals surface area contributed by atoms with E-state index >= 15 is 0 Å². The highest BCUT2D eigenvalue weighted by Gasteiger charge is 2.40. The molecule has 4 saturated heterocycles. The average molecular weight is 1710 g/mol. The molecule has 0 spiro atoms. The van der Waals surface area contributed by atoms with Gasteiger partial charge in [0.1, 0.15) is 86.8 Å². The minimum Gasteiger partial charge on any atom is -0.466 e. The molecule has 5 saturated carbocycles. The normalized spacial score (nSPS) is 21.9. The summed E-state index contributed by atoms with van der Waals surface area (Å²) in [5, 5.41) is 3.76. The number of ether oxygens (including phenoxy) is 1. The number of hydrogen-bond donors (Lipinski definition) is 4. The van der Waals surface area contributed by atoms with Crippen LogP contribution in [-0.4, -0.2) is 195 Å². The fourth-order valence-electron chi connectivity index (χ4n) is 20.5. The second-order valence-corrected chi connectivity index (χ2v) is 40.0. The van der Waals surface area contributed by atoms with Crippen molar-refractivity contribution in [1.82, 2.24) is 77.7 Å². The first-order valence-electron chi connectivity index (χ1n) is 46.3. The highest BCUT2D eigenvalue weighted by atomic mass is 32.2. The van der Waals surface area contributed by atoms with E-state index in [1.165, 1.54) is 198 Å². The molecule has 8 aromatic heterocycles. The van der Waals surface area contributed by atoms with Gasteiger partial charge in [0.05, 0.1) is 33.9 Å². The van der Waals surface area contributed by atoms with E-state index in [1.54, 1.807) is 32.2 Å². The summed E-state index contributed by atoms with van der Waals surface area (Å²) in [5.41, 5.74) is 43.7. The van der Waals surface area contributed by atoms with Crippen LogP contribution in [0.2, 0.25) is 0 Å². The minimum atomic E-state index is -3.02. The summed E-state index contributed by atoms with van der Waals surface area (Å²) in [6.45, 7) is 21.0. The second kappa shape index (κ2) is 37.6. The Morgan fingerprint density at radius 2 is 0.744 bits per heavy atom. The zero-order valence-electron chi connectivity index (χ0n) is 73.3. The number of aryl methyl sites for hydroxylation is 5. The maximum atomic E-state index is 11.8. The van der Waals surface area contributed by atoms with Crippen molar-refractivity contribution in [1.29, 1.82) is 0 Å². The zero-order chi connectivity index (χ0) is 86.0. The van der Waals surface area contributed by atoms with Crippen molar-refractivity contribution < 1.29 is 22.7 Å². The van der Waals surface area contributed by atoms with Crippen LogP contribution in [0.1, 0.15) is 181 Å². The van der Waals surface area contributed by atoms with Crippen molar-refractivity contribution in [2.24, 2.45) is 29.6 Å². The molecule has 9 fully saturated rings. The monoisotopic (exact) mass is 1700 g/mol. The van der Waals surface area contributed by atoms with Gasteiger partial charge in [-0.05, 0) is 256 Å². The number of nitrogen functional groups attached to an aromatic ring is 4. The molecule has 26 heteroatoms. The van der Waals surface area contributed by atoms with Crippen LogP contribution in [0.15, 0.2) is 141 Å². The number of ketones is 1. The van der Waals surface area contributed by atoms with Gasteiger partial charge in [0, 0.05) is 116 Å². The molecular formula is C99H124N20O5S. The van der Waals surface area contributed by atoms with Crippen molar-refractivity contribution in [2.75, 3.05) is 120 Å². The highest BCUT2D eigenvalue weighted by Crippen LogP contribution is 2.49. The molecule has 9 aliphatic rings. The molecule has 656 valence electrons. The van der Waals surface area contributed by atoms with Gasteiger partial charge in [0.25, 0.3) is 0 Å². The zero-order valence-corrected chi connectivity index (χ0v) is 74.2. The van der Waals surface area contributed by atoms with Crippen molar-refractivity contribution in [3.05, 3.63) is 169 Å². The van der Waals surface area contributed by atoms with E-state index < -0.39 is 9.84 Å². The van der Waals surface area contributed by atoms with Gasteiger partial charge in [-0.2, -0.15) is 0 Å². The van der Waals surface area contributed by atoms with Crippen LogP contribution in [0, 0.1) is 36.5 Å². The fraction of sp³-hybridized carbons (Fsp3) is 0.495. The molecule has 12 aromatic rings. The Kier molecular flexibility index (Phi) is 25.6. The number of Topliss-reactive ketones (excluding diaryl/α,β-unsaturated/α-hetero) is 1. The van der Waals surface area contributed by atoms with Crippen LogP contribution >= 0.6 is 0 Å². The van der Waals surface area contributed by atoms with E-state index in [4.69, 9.17) is 27.7 Å². The number of likely N-dealkylation sites (tertiary alicyclic amines) is 4. The van der Waals surface area contributed by atoms with Gasteiger partial charge in [-0.15, -0.1) is 0 Å². The first kappa shape index (κ1) is 85.3. The lowest BCUT2D eigenvalue weighted by atomic mass is 9.79. The van der Waals surface area contributed by atoms with E-state index in [2.05, 4.69) is 181 Å². The van der Waals surface area contributed by atoms with Gasteiger partial charge >= 0.3 is 5.97 Å². The van der Waals surface area contributed by atoms with E-state index in [1.807, 2.05) is 26.0 Å². The van der Waals surface area contributed by atoms with Crippen molar-refractivity contribution in [3.8, 4) is 44.5 Å². The molecule has 21 rings (SSSR count). The maximum Gasteiger partial charge on any atom is 0.306 e. The number of esters is 1. The molecule has 0 atom stereocenters. The molecule has 0 bridgehead atoms. The number of carbonyl (C=O) groups excluding carboxylic acids is 2. The van der Waals surface area contributed by atoms with Crippen molar-refractivity contribution >= 4 is 89.0 Å². The Bertz CT molecular complexity index is 5970. The summed E-state index contributed by atoms with van der Waals surface area (Å²) in [5.74, 6) is 6.38. The number of aromatic nitrogens is 12. The first-order valence-corrected chi connectivity index (χ1v) is 48.3. The summed E-state index contributed by atoms with van der Waals surface area (Å²) in [4.78, 5) is 69.0. The van der Waals surface area contributed by atoms with Crippen LogP contribution < -0.4 is 22.9 Å². The van der Waals surface area contributed by atoms with Gasteiger partial charge in [-0.1, -0.05) is 116 Å². The smallest absolute Gasteiger partial charge is 0.306 e. The third kappa shape index (κ3) is 19.4. The Morgan fingerprint density at radius 1 is 0.408 bits per heavy atom. The predicted octanol–water partition coefficient (Wildman–Crippen LogP) is 16.0. The molecule has 12 heterocycles. The number of nitrogens with zero attached hydrogens (tertiary/aromatic N) is 16. The summed E-state index contributed by atoms with van der Waals surface area (Å²) < 4.78 is 37.7. The number of anilines is 4. The molecule has 25 nitrogen and oxygen atoms in total. The maximum absolute atomic E-state index is 11.8. The van der Waals surface area contributed by atoms with Crippen LogP contribution in [0.25, 0.3) is 88.6 Å². The van der Waals surface area contributed by atoms with Gasteiger partial charge < -0.3 is 70.3 Å². The van der Waals surface area contributed by atoms with E-state index in [-0.39, 0.29) is 17.5 Å². The lowest BCUT2D eigenvalue weighted by molar-refractivity contribution is -0.143. The Morgan fingerprint density at radius 3 is 1.06 bits per heavy atom. The number of sulfone groups is 1. The minimum absolute atomic E-state index is 0.142. The first-order chi connectivity index (χ1) is 60.7. The molecule has 8 N–H and O–H groups in total. The Labute approximate surface area is 734 Å². The van der Waals surface area contributed by atoms with E-state index in [9.17, 15) is 18.0 Å². The number of nitrogens with two attached hydrogens (primary N) is 4. The molecule has 4 aromatic carbocycles. The second-order valence-electron chi connectivity index (χ2n) is 37.7. The lowest BCUT2D eigenvalue weighted by Gasteiger charge is -2.42. The van der Waals surface area contributed by atoms with E-state index in [0.29, 0.717) is 79.7 Å². The SMILES string of the molecule is CC(=O)CCc1cccc(-c2cn(C3CC(CN4CCC4)C3)c3ncnc(N)c23)c1.CCOC(=O)CCc1cccc(-c2cn(C3CC(CN4CCC4)C3)c3ncnc(N)c23)c1.Cc1cc(CCS(C)(=O)=O)cc(-c2cn(C3CC(CN4CCC4)C3)c3ncnc(N)c23)c1.Nc1ncnc2c1c(-c1cccc(CCC3CCC3)c1)cn2C1CC(CN2CCC2)C1. The molecule has 0 unspecified atom stereocenters. The van der Waals surface area contributed by atoms with Crippen LogP contribution in [-0.2, 0) is 49.8 Å². The standard InChI is InChI=1S/C26H33N5.C25H31N5O2.C24H31N5O2S.C24H29N5O/c27-25-24-23(21-7-2-6-19(12-21)9-8-18-4-1-5-18)16-31(26(24)29-17-28-25)22-13-20(14-22)15-30-10-3-11-30;1-2-32-22(31)8-7-17-5-3-6-19(11-17)21-15-30(25-23(21)24(26)27-16-28-25)20-12-18(13-20)14-29-9-4-10-29;1-16-8-17(4-7-32(2,30)31)10-19(9-16)21-14-29(24-22(21)23(25)26-15-27-24)20-11-18(12-20)13-28-5-3-6-28;1-16(30)6-7-17-4-2-5-19(10-17)21-14-29(24-22(21)23(25)26-15-27-24)20-11-18(12-20)13-28-8-3-9-28/h2,6-7,12,16-18,20,22H,1,3-5,8-11,13-15H2,(H2,27,28,29);3,5-6,11,15-16,18,20H,2,4,7-10,12-14H2,1H3,(H2,26,27,28);8-10,14-15,18,20H,3-7,11-13H2,1-2H3,(H2,25,26,27);2,4-5,10,14-15,18,20H,3,6-9,11-13H2,1H3,(H2,25,26,27). The van der Waals surface area contributed by atoms with Gasteiger partial charge in [0.15, 0.2) is 0 Å². The van der Waals surface area contributed by atoms with Crippen LogP contribution in [0.3, 0.4) is 0 Å². The van der Waals surface area contributed by atoms with Gasteiger partial charge in [0.2, 0.25) is 0 Å². The third-order valence-electron chi connectivity index (χ3n) is 28.5. The van der Waals surface area contributed by atoms with Gasteiger partial charge in [-0.25, -0.2) is 48.3 Å². The Hall–Kier alpha value is -10.5. The molecular weight excluding hydrogens is 1580 g/mol. The Balaban J connectivity index is 0.000000113. The van der Waals surface area contributed by atoms with Crippen LogP contribution in [0.4, 0.5) is 23.3 Å². The lowest BCUT2D eigenvalue weighted by Crippen LogP contribution is -2.43. The number of hydrogen-bond acceptors (Lipinski definition) is 21. The number of rotatable bonds is 29. The third-order valence-corrected chi connectivity index (χ3v) is 29.5. The summed E-state index contributed by atoms with van der Waals surface area (Å²) in [6.07, 6.45) is 41.0. The summed E-state index contributed by atoms with van der Waals surface area (Å²) >= 11 is 0. The summed E-state index contributed by atoms with van der Waals surface area (Å²) in [7, 11) is -3.02. The predicted molar refractivity (Wildman–Crippen MR) is 499 cm³/mol. The molecule has 0 radical (unpaired) electrons. The number of benzene rings is 4. The quantitative estimate of drug-likeness (QED) is 0.0316. The van der Waals surface area contributed by atoms with Crippen molar-refractivity contribution in [2.45, 2.75) is 186 Å². The van der Waals surface area contributed by atoms with E-state index in [0.717, 1.165) is 149 Å². The molecule has 5 aliphatic carbocycles. The summed E-state index contributed by atoms with van der Waals surface area (Å²) in [6, 6.07) is 33.9. The molecule has 0 amide bonds. The molecule has 125 heavy (non-hydrogen) atoms. The number of carbonyl (C=O) groups is 2. The van der Waals surface area contributed by atoms with Crippen molar-refractivity contribution in [3.63, 3.8) is 0 Å². The topological polar surface area (TPSA) is 317 Å². The largest absolute Gasteiger partial charge is 0.466 e. The van der Waals surface area contributed by atoms with Gasteiger partial charge in [-0.3, -0.25) is 4.79 Å². The van der Waals surface area contributed by atoms with Crippen LogP contribution in [0.5, 0.6) is 0 Å². The average Bonchev–Trinajstić information content (AvgIpc) is 1.62. The fourth-order valence-corrected chi connectivity index (χ4v) is 21.2. The number of fused-ring (bicyclic) bond motifs is 4. The molecule has 4 aliphatic heterocycles.